The lowest BCUT2D eigenvalue weighted by Gasteiger charge is -2.42. The molecule has 0 unspecified atom stereocenters. The van der Waals surface area contributed by atoms with Crippen LogP contribution >= 0.6 is 7.14 Å². The van der Waals surface area contributed by atoms with Crippen molar-refractivity contribution in [3.05, 3.63) is 48.5 Å². The van der Waals surface area contributed by atoms with Gasteiger partial charge in [-0.05, 0) is 49.1 Å². The van der Waals surface area contributed by atoms with Crippen LogP contribution in [0.3, 0.4) is 0 Å². The zero-order valence-corrected chi connectivity index (χ0v) is 19.6. The second kappa shape index (κ2) is 9.52. The number of ether oxygens (including phenoxy) is 1. The lowest BCUT2D eigenvalue weighted by atomic mass is 9.77. The third-order valence-corrected chi connectivity index (χ3v) is 10.6. The molecule has 158 valence electrons. The van der Waals surface area contributed by atoms with Crippen LogP contribution in [0.15, 0.2) is 48.5 Å². The van der Waals surface area contributed by atoms with Gasteiger partial charge in [0.2, 0.25) is 0 Å². The molecule has 0 radical (unpaired) electrons. The molecular weight excluding hydrogens is 375 g/mol. The minimum atomic E-state index is -2.57. The summed E-state index contributed by atoms with van der Waals surface area (Å²) in [6, 6.07) is 16.6. The van der Waals surface area contributed by atoms with Crippen molar-refractivity contribution < 1.29 is 9.30 Å². The minimum Gasteiger partial charge on any atom is -0.493 e. The molecule has 0 bridgehead atoms. The standard InChI is InChI=1S/C26H37O2P/c1-6-28-24-14-10-8-12-22(24)23-13-9-11-15-25(23)29(27,7-2)26-18-20(5)16-17-21(26)19(3)4/h8-15,19-21,26H,6-7,16-18H2,1-5H3/t20-,21+,26-,29+/m1/s1. The lowest BCUT2D eigenvalue weighted by Crippen LogP contribution is -2.35. The summed E-state index contributed by atoms with van der Waals surface area (Å²) in [5.41, 5.74) is 2.42. The molecule has 2 aromatic carbocycles. The Morgan fingerprint density at radius 1 is 1.00 bits per heavy atom. The molecular formula is C26H37O2P. The predicted molar refractivity (Wildman–Crippen MR) is 126 cm³/mol. The summed E-state index contributed by atoms with van der Waals surface area (Å²) in [6.07, 6.45) is 4.26. The molecule has 0 aliphatic heterocycles. The van der Waals surface area contributed by atoms with Crippen molar-refractivity contribution >= 4 is 12.4 Å². The highest BCUT2D eigenvalue weighted by Crippen LogP contribution is 2.59. The van der Waals surface area contributed by atoms with Crippen molar-refractivity contribution in [2.45, 2.75) is 59.5 Å². The van der Waals surface area contributed by atoms with Gasteiger partial charge < -0.3 is 9.30 Å². The van der Waals surface area contributed by atoms with E-state index in [9.17, 15) is 4.57 Å². The molecule has 1 aliphatic rings. The van der Waals surface area contributed by atoms with Crippen molar-refractivity contribution in [3.8, 4) is 16.9 Å². The second-order valence-corrected chi connectivity index (χ2v) is 12.3. The number of hydrogen-bond donors (Lipinski definition) is 0. The maximum Gasteiger partial charge on any atom is 0.127 e. The van der Waals surface area contributed by atoms with E-state index in [1.54, 1.807) is 0 Å². The molecule has 3 rings (SSSR count). The van der Waals surface area contributed by atoms with Crippen molar-refractivity contribution in [2.75, 3.05) is 12.8 Å². The van der Waals surface area contributed by atoms with Crippen molar-refractivity contribution in [3.63, 3.8) is 0 Å². The summed E-state index contributed by atoms with van der Waals surface area (Å²) in [5.74, 6) is 2.63. The van der Waals surface area contributed by atoms with Gasteiger partial charge in [-0.3, -0.25) is 0 Å². The third kappa shape index (κ3) is 4.48. The van der Waals surface area contributed by atoms with E-state index in [0.29, 0.717) is 24.4 Å². The molecule has 2 aromatic rings. The summed E-state index contributed by atoms with van der Waals surface area (Å²) >= 11 is 0. The molecule has 0 heterocycles. The second-order valence-electron chi connectivity index (χ2n) is 8.95. The van der Waals surface area contributed by atoms with Crippen LogP contribution < -0.4 is 10.0 Å². The van der Waals surface area contributed by atoms with Crippen LogP contribution in [0.1, 0.15) is 53.9 Å². The van der Waals surface area contributed by atoms with Crippen LogP contribution in [0.5, 0.6) is 5.75 Å². The zero-order chi connectivity index (χ0) is 21.0. The van der Waals surface area contributed by atoms with E-state index in [2.05, 4.69) is 58.0 Å². The average molecular weight is 413 g/mol. The van der Waals surface area contributed by atoms with Gasteiger partial charge in [0.15, 0.2) is 0 Å². The average Bonchev–Trinajstić information content (AvgIpc) is 2.73. The molecule has 4 atom stereocenters. The maximum absolute atomic E-state index is 14.8. The van der Waals surface area contributed by atoms with E-state index >= 15 is 0 Å². The molecule has 1 aliphatic carbocycles. The SMILES string of the molecule is CCOc1ccccc1-c1ccccc1[P@@](=O)(CC)[C@@H]1C[C@H](C)CC[C@H]1C(C)C. The summed E-state index contributed by atoms with van der Waals surface area (Å²) in [4.78, 5) is 0. The molecule has 1 saturated carbocycles. The van der Waals surface area contributed by atoms with Gasteiger partial charge in [-0.1, -0.05) is 76.6 Å². The highest BCUT2D eigenvalue weighted by Gasteiger charge is 2.43. The molecule has 2 nitrogen and oxygen atoms in total. The first-order chi connectivity index (χ1) is 13.9. The fraction of sp³-hybridized carbons (Fsp3) is 0.538. The van der Waals surface area contributed by atoms with E-state index in [-0.39, 0.29) is 5.66 Å². The van der Waals surface area contributed by atoms with Crippen LogP contribution in [-0.4, -0.2) is 18.4 Å². The summed E-state index contributed by atoms with van der Waals surface area (Å²) in [7, 11) is -2.57. The van der Waals surface area contributed by atoms with E-state index in [4.69, 9.17) is 4.74 Å². The Morgan fingerprint density at radius 2 is 1.66 bits per heavy atom. The Kier molecular flexibility index (Phi) is 7.28. The fourth-order valence-electron chi connectivity index (χ4n) is 5.22. The van der Waals surface area contributed by atoms with E-state index < -0.39 is 7.14 Å². The maximum atomic E-state index is 14.8. The third-order valence-electron chi connectivity index (χ3n) is 6.78. The Hall–Kier alpha value is -1.53. The van der Waals surface area contributed by atoms with Gasteiger partial charge in [0, 0.05) is 22.7 Å². The van der Waals surface area contributed by atoms with Gasteiger partial charge in [0.05, 0.1) is 6.61 Å². The van der Waals surface area contributed by atoms with E-state index in [1.165, 1.54) is 12.8 Å². The van der Waals surface area contributed by atoms with E-state index in [1.807, 2.05) is 25.1 Å². The number of hydrogen-bond acceptors (Lipinski definition) is 2. The van der Waals surface area contributed by atoms with Gasteiger partial charge in [-0.15, -0.1) is 0 Å². The lowest BCUT2D eigenvalue weighted by molar-refractivity contribution is 0.237. The van der Waals surface area contributed by atoms with Gasteiger partial charge in [0.25, 0.3) is 0 Å². The predicted octanol–water partition coefficient (Wildman–Crippen LogP) is 7.22. The molecule has 1 fully saturated rings. The highest BCUT2D eigenvalue weighted by molar-refractivity contribution is 7.72. The normalized spacial score (nSPS) is 24.3. The monoisotopic (exact) mass is 412 g/mol. The zero-order valence-electron chi connectivity index (χ0n) is 18.7. The van der Waals surface area contributed by atoms with Crippen LogP contribution in [0, 0.1) is 17.8 Å². The largest absolute Gasteiger partial charge is 0.493 e. The minimum absolute atomic E-state index is 0.275. The fourth-order valence-corrected chi connectivity index (χ4v) is 9.14. The first kappa shape index (κ1) is 22.2. The first-order valence-corrected chi connectivity index (χ1v) is 13.3. The van der Waals surface area contributed by atoms with Crippen LogP contribution in [0.2, 0.25) is 0 Å². The Bertz CT molecular complexity index is 857. The first-order valence-electron chi connectivity index (χ1n) is 11.3. The Labute approximate surface area is 177 Å². The molecule has 0 aromatic heterocycles. The highest BCUT2D eigenvalue weighted by atomic mass is 31.2. The molecule has 0 spiro atoms. The van der Waals surface area contributed by atoms with Crippen LogP contribution in [0.4, 0.5) is 0 Å². The topological polar surface area (TPSA) is 26.3 Å². The Morgan fingerprint density at radius 3 is 2.31 bits per heavy atom. The van der Waals surface area contributed by atoms with Crippen molar-refractivity contribution in [2.24, 2.45) is 17.8 Å². The molecule has 29 heavy (non-hydrogen) atoms. The Balaban J connectivity index is 2.15. The molecule has 0 saturated heterocycles. The van der Waals surface area contributed by atoms with Crippen LogP contribution in [0.25, 0.3) is 11.1 Å². The summed E-state index contributed by atoms with van der Waals surface area (Å²) < 4.78 is 20.7. The van der Waals surface area contributed by atoms with Gasteiger partial charge in [0.1, 0.15) is 12.9 Å². The molecule has 0 N–H and O–H groups in total. The molecule has 3 heteroatoms. The molecule has 0 amide bonds. The van der Waals surface area contributed by atoms with Crippen molar-refractivity contribution in [1.29, 1.82) is 0 Å². The summed E-state index contributed by atoms with van der Waals surface area (Å²) in [5, 5.41) is 1.06. The number of rotatable bonds is 7. The quantitative estimate of drug-likeness (QED) is 0.449. The van der Waals surface area contributed by atoms with E-state index in [0.717, 1.165) is 34.8 Å². The number of para-hydroxylation sites is 1. The van der Waals surface area contributed by atoms with Crippen LogP contribution in [-0.2, 0) is 4.57 Å². The number of benzene rings is 2. The van der Waals surface area contributed by atoms with Crippen molar-refractivity contribution in [1.82, 2.24) is 0 Å². The van der Waals surface area contributed by atoms with Gasteiger partial charge >= 0.3 is 0 Å². The van der Waals surface area contributed by atoms with Gasteiger partial charge in [-0.2, -0.15) is 0 Å². The smallest absolute Gasteiger partial charge is 0.127 e. The van der Waals surface area contributed by atoms with Gasteiger partial charge in [-0.25, -0.2) is 0 Å². The summed E-state index contributed by atoms with van der Waals surface area (Å²) in [6.45, 7) is 11.7.